The first kappa shape index (κ1) is 24.1. The van der Waals surface area contributed by atoms with Crippen LogP contribution in [0.2, 0.25) is 0 Å². The van der Waals surface area contributed by atoms with Crippen molar-refractivity contribution < 1.29 is 4.79 Å². The zero-order valence-corrected chi connectivity index (χ0v) is 22.2. The Morgan fingerprint density at radius 1 is 1.06 bits per heavy atom. The molecule has 35 heavy (non-hydrogen) atoms. The summed E-state index contributed by atoms with van der Waals surface area (Å²) in [6.07, 6.45) is 6.75. The predicted molar refractivity (Wildman–Crippen MR) is 147 cm³/mol. The number of carbonyl (C=O) groups is 1. The Morgan fingerprint density at radius 3 is 2.69 bits per heavy atom. The summed E-state index contributed by atoms with van der Waals surface area (Å²) in [5.74, 6) is 1.25. The summed E-state index contributed by atoms with van der Waals surface area (Å²) in [4.78, 5) is 12.7. The summed E-state index contributed by atoms with van der Waals surface area (Å²) in [6, 6.07) is 21.2. The van der Waals surface area contributed by atoms with Crippen molar-refractivity contribution in [3.63, 3.8) is 0 Å². The molecule has 5 rings (SSSR count). The molecule has 4 aromatic rings. The number of amides is 1. The van der Waals surface area contributed by atoms with E-state index in [1.54, 1.807) is 0 Å². The topological polar surface area (TPSA) is 59.8 Å². The monoisotopic (exact) mass is 548 g/mol. The summed E-state index contributed by atoms with van der Waals surface area (Å²) < 4.78 is 3.35. The van der Waals surface area contributed by atoms with Gasteiger partial charge in [0.2, 0.25) is 5.91 Å². The van der Waals surface area contributed by atoms with Crippen molar-refractivity contribution in [1.82, 2.24) is 14.8 Å². The number of aromatic nitrogens is 3. The van der Waals surface area contributed by atoms with Crippen molar-refractivity contribution in [3.8, 4) is 0 Å². The minimum atomic E-state index is -0.0366. The molecule has 0 spiro atoms. The number of fused-ring (bicyclic) bond motifs is 1. The third kappa shape index (κ3) is 5.62. The number of thioether (sulfide) groups is 1. The van der Waals surface area contributed by atoms with Crippen LogP contribution < -0.4 is 5.32 Å². The van der Waals surface area contributed by atoms with Gasteiger partial charge in [0.1, 0.15) is 5.82 Å². The molecule has 1 aromatic heterocycles. The molecule has 0 unspecified atom stereocenters. The maximum atomic E-state index is 12.7. The average molecular weight is 550 g/mol. The molecule has 1 fully saturated rings. The third-order valence-electron chi connectivity index (χ3n) is 6.68. The van der Waals surface area contributed by atoms with E-state index in [1.807, 2.05) is 25.1 Å². The molecule has 0 radical (unpaired) electrons. The molecule has 0 atom stereocenters. The molecule has 5 nitrogen and oxygen atoms in total. The van der Waals surface area contributed by atoms with Gasteiger partial charge in [-0.05, 0) is 59.9 Å². The lowest BCUT2D eigenvalue weighted by molar-refractivity contribution is -0.113. The highest BCUT2D eigenvalue weighted by Gasteiger charge is 2.24. The van der Waals surface area contributed by atoms with Crippen molar-refractivity contribution in [3.05, 3.63) is 82.1 Å². The van der Waals surface area contributed by atoms with Crippen LogP contribution in [0.25, 0.3) is 10.8 Å². The first-order chi connectivity index (χ1) is 17.1. The van der Waals surface area contributed by atoms with Crippen LogP contribution >= 0.6 is 27.7 Å². The van der Waals surface area contributed by atoms with Crippen LogP contribution in [-0.2, 0) is 11.2 Å². The predicted octanol–water partition coefficient (Wildman–Crippen LogP) is 7.33. The lowest BCUT2D eigenvalue weighted by Crippen LogP contribution is -2.18. The number of aryl methyl sites for hydroxylation is 1. The van der Waals surface area contributed by atoms with Crippen LogP contribution in [0, 0.1) is 6.92 Å². The molecule has 1 heterocycles. The second-order valence-corrected chi connectivity index (χ2v) is 11.0. The highest BCUT2D eigenvalue weighted by atomic mass is 79.9. The average Bonchev–Trinajstić information content (AvgIpc) is 3.28. The maximum absolute atomic E-state index is 12.7. The molecule has 1 saturated carbocycles. The van der Waals surface area contributed by atoms with Crippen LogP contribution in [0.4, 0.5) is 5.69 Å². The summed E-state index contributed by atoms with van der Waals surface area (Å²) in [5, 5.41) is 15.5. The molecule has 0 aliphatic heterocycles. The summed E-state index contributed by atoms with van der Waals surface area (Å²) in [7, 11) is 0. The number of benzene rings is 3. The molecular weight excluding hydrogens is 520 g/mol. The van der Waals surface area contributed by atoms with Gasteiger partial charge < -0.3 is 9.88 Å². The molecular formula is C28H29BrN4OS. The van der Waals surface area contributed by atoms with Crippen molar-refractivity contribution >= 4 is 50.1 Å². The van der Waals surface area contributed by atoms with Gasteiger partial charge in [0, 0.05) is 22.6 Å². The van der Waals surface area contributed by atoms with Crippen molar-refractivity contribution in [2.45, 2.75) is 56.6 Å². The summed E-state index contributed by atoms with van der Waals surface area (Å²) in [5.41, 5.74) is 3.15. The van der Waals surface area contributed by atoms with Gasteiger partial charge in [-0.1, -0.05) is 89.4 Å². The van der Waals surface area contributed by atoms with Gasteiger partial charge in [0.15, 0.2) is 5.16 Å². The number of hydrogen-bond acceptors (Lipinski definition) is 4. The first-order valence-electron chi connectivity index (χ1n) is 12.2. The number of nitrogens with zero attached hydrogens (tertiary/aromatic N) is 3. The van der Waals surface area contributed by atoms with E-state index in [2.05, 4.69) is 78.5 Å². The van der Waals surface area contributed by atoms with Crippen LogP contribution in [0.1, 0.15) is 55.1 Å². The maximum Gasteiger partial charge on any atom is 0.234 e. The number of hydrogen-bond donors (Lipinski definition) is 1. The molecule has 1 N–H and O–H groups in total. The number of carbonyl (C=O) groups excluding carboxylic acids is 1. The van der Waals surface area contributed by atoms with E-state index in [-0.39, 0.29) is 5.91 Å². The molecule has 0 bridgehead atoms. The fourth-order valence-corrected chi connectivity index (χ4v) is 5.97. The Bertz CT molecular complexity index is 1340. The highest BCUT2D eigenvalue weighted by molar-refractivity contribution is 9.10. The smallest absolute Gasteiger partial charge is 0.234 e. The number of anilines is 1. The van der Waals surface area contributed by atoms with Gasteiger partial charge in [0.05, 0.1) is 5.75 Å². The van der Waals surface area contributed by atoms with Crippen LogP contribution in [0.3, 0.4) is 0 Å². The molecule has 7 heteroatoms. The van der Waals surface area contributed by atoms with E-state index in [1.165, 1.54) is 47.4 Å². The van der Waals surface area contributed by atoms with Gasteiger partial charge in [-0.25, -0.2) is 0 Å². The lowest BCUT2D eigenvalue weighted by Gasteiger charge is -2.25. The van der Waals surface area contributed by atoms with Crippen LogP contribution in [0.5, 0.6) is 0 Å². The fraction of sp³-hybridized carbons (Fsp3) is 0.321. The fourth-order valence-electron chi connectivity index (χ4n) is 4.90. The van der Waals surface area contributed by atoms with E-state index >= 15 is 0 Å². The highest BCUT2D eigenvalue weighted by Crippen LogP contribution is 2.34. The largest absolute Gasteiger partial charge is 0.325 e. The van der Waals surface area contributed by atoms with Crippen LogP contribution in [0.15, 0.2) is 70.3 Å². The van der Waals surface area contributed by atoms with Gasteiger partial charge >= 0.3 is 0 Å². The standard InChI is InChI=1S/C28H29BrN4OS/c1-19-16-22(14-15-25(19)29)30-27(34)18-35-28-32-31-26(33(28)23-11-3-2-4-12-23)17-21-10-7-9-20-8-5-6-13-24(20)21/h5-10,13-16,23H,2-4,11-12,17-18H2,1H3,(H,30,34). The Hall–Kier alpha value is -2.64. The van der Waals surface area contributed by atoms with Crippen molar-refractivity contribution in [2.24, 2.45) is 0 Å². The minimum Gasteiger partial charge on any atom is -0.325 e. The van der Waals surface area contributed by atoms with Crippen molar-refractivity contribution in [2.75, 3.05) is 11.1 Å². The van der Waals surface area contributed by atoms with E-state index in [9.17, 15) is 4.79 Å². The molecule has 0 saturated heterocycles. The van der Waals surface area contributed by atoms with E-state index < -0.39 is 0 Å². The van der Waals surface area contributed by atoms with Crippen molar-refractivity contribution in [1.29, 1.82) is 0 Å². The summed E-state index contributed by atoms with van der Waals surface area (Å²) in [6.45, 7) is 2.01. The van der Waals surface area contributed by atoms with Gasteiger partial charge in [-0.3, -0.25) is 4.79 Å². The minimum absolute atomic E-state index is 0.0366. The molecule has 1 amide bonds. The Labute approximate surface area is 218 Å². The molecule has 180 valence electrons. The lowest BCUT2D eigenvalue weighted by atomic mass is 9.95. The van der Waals surface area contributed by atoms with Crippen LogP contribution in [-0.4, -0.2) is 26.4 Å². The third-order valence-corrected chi connectivity index (χ3v) is 8.51. The normalized spacial score (nSPS) is 14.3. The number of rotatable bonds is 7. The zero-order chi connectivity index (χ0) is 24.2. The first-order valence-corrected chi connectivity index (χ1v) is 14.0. The van der Waals surface area contributed by atoms with E-state index in [0.717, 1.165) is 46.0 Å². The van der Waals surface area contributed by atoms with E-state index in [4.69, 9.17) is 0 Å². The van der Waals surface area contributed by atoms with E-state index in [0.29, 0.717) is 11.8 Å². The Morgan fingerprint density at radius 2 is 1.86 bits per heavy atom. The molecule has 3 aromatic carbocycles. The van der Waals surface area contributed by atoms with Gasteiger partial charge in [0.25, 0.3) is 0 Å². The SMILES string of the molecule is Cc1cc(NC(=O)CSc2nnc(Cc3cccc4ccccc34)n2C2CCCCC2)ccc1Br. The molecule has 1 aliphatic rings. The Kier molecular flexibility index (Phi) is 7.54. The number of nitrogens with one attached hydrogen (secondary N) is 1. The second kappa shape index (κ2) is 11.0. The number of halogens is 1. The van der Waals surface area contributed by atoms with Gasteiger partial charge in [-0.2, -0.15) is 0 Å². The summed E-state index contributed by atoms with van der Waals surface area (Å²) >= 11 is 4.99. The quantitative estimate of drug-likeness (QED) is 0.245. The molecule has 1 aliphatic carbocycles. The van der Waals surface area contributed by atoms with Gasteiger partial charge in [-0.15, -0.1) is 10.2 Å². The second-order valence-electron chi connectivity index (χ2n) is 9.18. The Balaban J connectivity index is 1.36. The zero-order valence-electron chi connectivity index (χ0n) is 19.8.